The van der Waals surface area contributed by atoms with Gasteiger partial charge in [-0.25, -0.2) is 4.57 Å². The van der Waals surface area contributed by atoms with Gasteiger partial charge in [0, 0.05) is 0 Å². The van der Waals surface area contributed by atoms with Gasteiger partial charge in [0.2, 0.25) is 0 Å². The van der Waals surface area contributed by atoms with E-state index < -0.39 is 26.3 Å². The number of para-hydroxylation sites is 1. The molecule has 0 fully saturated rings. The van der Waals surface area contributed by atoms with E-state index in [-0.39, 0.29) is 0 Å². The average molecular weight is 288 g/mol. The summed E-state index contributed by atoms with van der Waals surface area (Å²) in [6, 6.07) is 6.36. The van der Waals surface area contributed by atoms with Crippen molar-refractivity contribution in [3.63, 3.8) is 0 Å². The van der Waals surface area contributed by atoms with Crippen LogP contribution in [0.25, 0.3) is 0 Å². The van der Waals surface area contributed by atoms with E-state index in [9.17, 15) is 17.9 Å². The average Bonchev–Trinajstić information content (AvgIpc) is 2.16. The molecule has 1 rings (SSSR count). The van der Waals surface area contributed by atoms with Gasteiger partial charge < -0.3 is 19.2 Å². The highest BCUT2D eigenvalue weighted by Gasteiger charge is 2.66. The highest BCUT2D eigenvalue weighted by molar-refractivity contribution is 7.72. The van der Waals surface area contributed by atoms with Crippen LogP contribution in [0, 0.1) is 0 Å². The monoisotopic (exact) mass is 288 g/mol. The number of rotatable bonds is 4. The van der Waals surface area contributed by atoms with E-state index in [0.717, 1.165) is 12.1 Å². The van der Waals surface area contributed by atoms with Crippen LogP contribution in [0.2, 0.25) is 0 Å². The van der Waals surface area contributed by atoms with E-state index in [1.807, 2.05) is 0 Å². The van der Waals surface area contributed by atoms with Crippen molar-refractivity contribution >= 4 is 15.2 Å². The fourth-order valence-electron chi connectivity index (χ4n) is 0.844. The summed E-state index contributed by atoms with van der Waals surface area (Å²) < 4.78 is 51.6. The summed E-state index contributed by atoms with van der Waals surface area (Å²) in [5.41, 5.74) is 0. The lowest BCUT2D eigenvalue weighted by Gasteiger charge is -2.22. The van der Waals surface area contributed by atoms with Crippen molar-refractivity contribution in [2.45, 2.75) is 5.40 Å². The third-order valence-corrected chi connectivity index (χ3v) is 5.04. The van der Waals surface area contributed by atoms with E-state index in [0.29, 0.717) is 0 Å². The fourth-order valence-corrected chi connectivity index (χ4v) is 2.80. The van der Waals surface area contributed by atoms with Gasteiger partial charge in [0.15, 0.2) is 0 Å². The molecule has 1 unspecified atom stereocenters. The molecule has 1 aromatic carbocycles. The van der Waals surface area contributed by atoms with Crippen LogP contribution in [-0.4, -0.2) is 20.1 Å². The Morgan fingerprint density at radius 3 is 1.94 bits per heavy atom. The number of hydrogen-bond donors (Lipinski definition) is 3. The Labute approximate surface area is 94.5 Å². The Morgan fingerprint density at radius 1 is 1.06 bits per heavy atom. The maximum Gasteiger partial charge on any atom is 0.459 e. The molecular formula is C7H8F2O6P2. The van der Waals surface area contributed by atoms with E-state index in [2.05, 4.69) is 4.52 Å². The predicted octanol–water partition coefficient (Wildman–Crippen LogP) is 1.98. The molecule has 10 heteroatoms. The number of hydrogen-bond acceptors (Lipinski definition) is 3. The Bertz CT molecular complexity index is 484. The maximum atomic E-state index is 13.0. The zero-order chi connectivity index (χ0) is 13.3. The largest absolute Gasteiger partial charge is 0.459 e. The predicted molar refractivity (Wildman–Crippen MR) is 53.9 cm³/mol. The summed E-state index contributed by atoms with van der Waals surface area (Å²) in [6.07, 6.45) is 0. The van der Waals surface area contributed by atoms with Crippen LogP contribution in [0.3, 0.4) is 0 Å². The molecule has 0 heterocycles. The molecule has 0 spiro atoms. The first-order valence-corrected chi connectivity index (χ1v) is 7.28. The Balaban J connectivity index is 3.05. The van der Waals surface area contributed by atoms with Crippen LogP contribution in [0.15, 0.2) is 30.3 Å². The first kappa shape index (κ1) is 14.3. The Kier molecular flexibility index (Phi) is 3.76. The van der Waals surface area contributed by atoms with Gasteiger partial charge in [0.25, 0.3) is 0 Å². The molecule has 0 aliphatic heterocycles. The fraction of sp³-hybridized carbons (Fsp3) is 0.143. The van der Waals surface area contributed by atoms with E-state index in [4.69, 9.17) is 14.7 Å². The van der Waals surface area contributed by atoms with Crippen LogP contribution in [-0.2, 0) is 9.13 Å². The highest BCUT2D eigenvalue weighted by atomic mass is 31.2. The molecule has 0 aliphatic carbocycles. The molecule has 0 bridgehead atoms. The lowest BCUT2D eigenvalue weighted by molar-refractivity contribution is 0.108. The lowest BCUT2D eigenvalue weighted by Crippen LogP contribution is -2.19. The first-order valence-electron chi connectivity index (χ1n) is 4.09. The minimum atomic E-state index is -6.10. The van der Waals surface area contributed by atoms with Gasteiger partial charge in [-0.05, 0) is 12.1 Å². The zero-order valence-electron chi connectivity index (χ0n) is 8.10. The van der Waals surface area contributed by atoms with Crippen LogP contribution in [0.4, 0.5) is 8.78 Å². The minimum absolute atomic E-state index is 0.397. The van der Waals surface area contributed by atoms with Crippen molar-refractivity contribution in [3.05, 3.63) is 30.3 Å². The molecule has 0 saturated carbocycles. The summed E-state index contributed by atoms with van der Waals surface area (Å²) in [5.74, 6) is -0.397. The topological polar surface area (TPSA) is 104 Å². The summed E-state index contributed by atoms with van der Waals surface area (Å²) in [5, 5.41) is -5.16. The normalized spacial score (nSPS) is 16.3. The first-order chi connectivity index (χ1) is 7.58. The smallest absolute Gasteiger partial charge is 0.420 e. The van der Waals surface area contributed by atoms with E-state index in [1.54, 1.807) is 0 Å². The SMILES string of the molecule is O=P(O)(O)C(F)(F)P(=O)(O)Oc1ccccc1. The Hall–Kier alpha value is -0.780. The molecule has 17 heavy (non-hydrogen) atoms. The third-order valence-electron chi connectivity index (χ3n) is 1.66. The molecule has 1 aromatic rings. The van der Waals surface area contributed by atoms with Crippen molar-refractivity contribution < 1.29 is 37.1 Å². The Morgan fingerprint density at radius 2 is 1.53 bits per heavy atom. The molecule has 0 saturated heterocycles. The van der Waals surface area contributed by atoms with Crippen molar-refractivity contribution in [3.8, 4) is 5.75 Å². The van der Waals surface area contributed by atoms with Crippen molar-refractivity contribution in [2.75, 3.05) is 0 Å². The van der Waals surface area contributed by atoms with Crippen LogP contribution in [0.5, 0.6) is 5.75 Å². The molecule has 0 aromatic heterocycles. The molecule has 1 atom stereocenters. The second kappa shape index (κ2) is 4.48. The molecule has 3 N–H and O–H groups in total. The second-order valence-corrected chi connectivity index (χ2v) is 6.77. The molecule has 6 nitrogen and oxygen atoms in total. The number of halogens is 2. The minimum Gasteiger partial charge on any atom is -0.420 e. The summed E-state index contributed by atoms with van der Waals surface area (Å²) in [6.45, 7) is 0. The molecule has 0 radical (unpaired) electrons. The van der Waals surface area contributed by atoms with Gasteiger partial charge in [-0.1, -0.05) is 18.2 Å². The van der Waals surface area contributed by atoms with Gasteiger partial charge in [0.1, 0.15) is 5.75 Å². The highest BCUT2D eigenvalue weighted by Crippen LogP contribution is 2.72. The van der Waals surface area contributed by atoms with Gasteiger partial charge in [-0.3, -0.25) is 4.57 Å². The molecular weight excluding hydrogens is 280 g/mol. The van der Waals surface area contributed by atoms with Crippen molar-refractivity contribution in [1.82, 2.24) is 0 Å². The molecule has 96 valence electrons. The van der Waals surface area contributed by atoms with Crippen LogP contribution >= 0.6 is 15.2 Å². The van der Waals surface area contributed by atoms with Gasteiger partial charge in [-0.2, -0.15) is 8.78 Å². The van der Waals surface area contributed by atoms with Crippen LogP contribution < -0.4 is 4.52 Å². The van der Waals surface area contributed by atoms with E-state index >= 15 is 0 Å². The maximum absolute atomic E-state index is 13.0. The standard InChI is InChI=1S/C7H8F2O6P2/c8-7(9,16(10,11)12)17(13,14)15-6-4-2-1-3-5-6/h1-5H,(H,13,14)(H2,10,11,12). The van der Waals surface area contributed by atoms with E-state index in [1.165, 1.54) is 18.2 Å². The number of alkyl halides is 2. The number of benzene rings is 1. The molecule has 0 amide bonds. The van der Waals surface area contributed by atoms with Crippen molar-refractivity contribution in [2.24, 2.45) is 0 Å². The molecule has 0 aliphatic rings. The zero-order valence-corrected chi connectivity index (χ0v) is 9.89. The quantitative estimate of drug-likeness (QED) is 0.732. The summed E-state index contributed by atoms with van der Waals surface area (Å²) in [4.78, 5) is 25.5. The van der Waals surface area contributed by atoms with Crippen LogP contribution in [0.1, 0.15) is 0 Å². The van der Waals surface area contributed by atoms with Gasteiger partial charge >= 0.3 is 20.6 Å². The summed E-state index contributed by atoms with van der Waals surface area (Å²) in [7, 11) is -11.9. The third kappa shape index (κ3) is 2.91. The van der Waals surface area contributed by atoms with Gasteiger partial charge in [0.05, 0.1) is 0 Å². The lowest BCUT2D eigenvalue weighted by atomic mass is 10.3. The second-order valence-electron chi connectivity index (χ2n) is 2.98. The van der Waals surface area contributed by atoms with Gasteiger partial charge in [-0.15, -0.1) is 0 Å². The summed E-state index contributed by atoms with van der Waals surface area (Å²) >= 11 is 0. The van der Waals surface area contributed by atoms with Crippen molar-refractivity contribution in [1.29, 1.82) is 0 Å².